The molecule has 43 heavy (non-hydrogen) atoms. The standard InChI is InChI=1S/C31H28F3N3O5S/c32-31(33,34)41-26-4-2-1-3-23(26)27-24(28(42-36-27)18-7-8-18)15-40-22-13-20-11-12-21(14-22)37(20)30-35-25(16-43-30)17-5-9-19(10-6-17)29(38)39/h1-6,9-10,16,18,20-22H,7-8,11-15H2,(H,38,39)/t20-,21+,22+. The maximum absolute atomic E-state index is 13.1. The Morgan fingerprint density at radius 3 is 2.44 bits per heavy atom. The van der Waals surface area contributed by atoms with Crippen molar-refractivity contribution in [3.05, 3.63) is 70.8 Å². The minimum Gasteiger partial charge on any atom is -0.478 e. The number of carboxylic acid groups (broad SMARTS) is 1. The summed E-state index contributed by atoms with van der Waals surface area (Å²) in [5.74, 6) is -0.396. The lowest BCUT2D eigenvalue weighted by atomic mass is 10.00. The predicted molar refractivity (Wildman–Crippen MR) is 152 cm³/mol. The number of piperidine rings is 1. The van der Waals surface area contributed by atoms with Crippen LogP contribution < -0.4 is 9.64 Å². The van der Waals surface area contributed by atoms with Crippen LogP contribution >= 0.6 is 11.3 Å². The molecule has 4 heterocycles. The van der Waals surface area contributed by atoms with Gasteiger partial charge in [0.15, 0.2) is 5.13 Å². The van der Waals surface area contributed by atoms with Crippen molar-refractivity contribution < 1.29 is 37.1 Å². The highest BCUT2D eigenvalue weighted by atomic mass is 32.1. The first kappa shape index (κ1) is 27.9. The SMILES string of the molecule is O=C(O)c1ccc(-c2csc(N3[C@@H]4CC[C@H]3C[C@@H](OCc3c(-c5ccccc5OC(F)(F)F)noc3C3CC3)C4)n2)cc1. The molecule has 0 spiro atoms. The van der Waals surface area contributed by atoms with Gasteiger partial charge in [0.2, 0.25) is 0 Å². The number of fused-ring (bicyclic) bond motifs is 2. The van der Waals surface area contributed by atoms with Crippen LogP contribution in [0.4, 0.5) is 18.3 Å². The lowest BCUT2D eigenvalue weighted by Crippen LogP contribution is -2.45. The van der Waals surface area contributed by atoms with Gasteiger partial charge in [-0.3, -0.25) is 0 Å². The fourth-order valence-electron chi connectivity index (χ4n) is 6.29. The van der Waals surface area contributed by atoms with Gasteiger partial charge in [-0.25, -0.2) is 9.78 Å². The molecule has 3 aliphatic rings. The van der Waals surface area contributed by atoms with E-state index in [1.165, 1.54) is 12.1 Å². The van der Waals surface area contributed by atoms with Crippen LogP contribution in [-0.4, -0.2) is 45.8 Å². The van der Waals surface area contributed by atoms with Crippen LogP contribution in [0.5, 0.6) is 5.75 Å². The maximum Gasteiger partial charge on any atom is 0.573 e. The van der Waals surface area contributed by atoms with Gasteiger partial charge in [0, 0.05) is 40.1 Å². The summed E-state index contributed by atoms with van der Waals surface area (Å²) >= 11 is 1.58. The third-order valence-corrected chi connectivity index (χ3v) is 9.28. The number of nitrogens with zero attached hydrogens (tertiary/aromatic N) is 3. The molecule has 3 fully saturated rings. The summed E-state index contributed by atoms with van der Waals surface area (Å²) in [7, 11) is 0. The topological polar surface area (TPSA) is 97.9 Å². The molecular formula is C31H28F3N3O5S. The smallest absolute Gasteiger partial charge is 0.478 e. The molecular weight excluding hydrogens is 583 g/mol. The van der Waals surface area contributed by atoms with Crippen molar-refractivity contribution in [1.29, 1.82) is 0 Å². The molecule has 0 unspecified atom stereocenters. The van der Waals surface area contributed by atoms with Crippen molar-refractivity contribution in [1.82, 2.24) is 10.1 Å². The van der Waals surface area contributed by atoms with Gasteiger partial charge in [-0.05, 0) is 62.8 Å². The number of rotatable bonds is 9. The third-order valence-electron chi connectivity index (χ3n) is 8.43. The number of benzene rings is 2. The van der Waals surface area contributed by atoms with E-state index in [-0.39, 0.29) is 47.6 Å². The van der Waals surface area contributed by atoms with Crippen LogP contribution in [0.3, 0.4) is 0 Å². The summed E-state index contributed by atoms with van der Waals surface area (Å²) in [4.78, 5) is 18.5. The van der Waals surface area contributed by atoms with E-state index in [1.54, 1.807) is 47.7 Å². The van der Waals surface area contributed by atoms with Crippen LogP contribution in [0, 0.1) is 0 Å². The number of ether oxygens (including phenoxy) is 2. The number of carboxylic acids is 1. The maximum atomic E-state index is 13.1. The zero-order valence-corrected chi connectivity index (χ0v) is 23.7. The fraction of sp³-hybridized carbons (Fsp3) is 0.387. The predicted octanol–water partition coefficient (Wildman–Crippen LogP) is 7.66. The lowest BCUT2D eigenvalue weighted by molar-refractivity contribution is -0.274. The molecule has 2 aromatic heterocycles. The van der Waals surface area contributed by atoms with E-state index in [4.69, 9.17) is 14.2 Å². The van der Waals surface area contributed by atoms with E-state index in [2.05, 4.69) is 14.8 Å². The first-order valence-electron chi connectivity index (χ1n) is 14.3. The number of thiazole rings is 1. The Hall–Kier alpha value is -3.90. The first-order valence-corrected chi connectivity index (χ1v) is 15.1. The molecule has 7 rings (SSSR count). The molecule has 8 nitrogen and oxygen atoms in total. The van der Waals surface area contributed by atoms with Crippen LogP contribution in [0.25, 0.3) is 22.5 Å². The van der Waals surface area contributed by atoms with Crippen molar-refractivity contribution in [2.24, 2.45) is 0 Å². The first-order chi connectivity index (χ1) is 20.7. The molecule has 1 aliphatic carbocycles. The average molecular weight is 612 g/mol. The van der Waals surface area contributed by atoms with Crippen molar-refractivity contribution >= 4 is 22.4 Å². The highest BCUT2D eigenvalue weighted by Crippen LogP contribution is 2.47. The Kier molecular flexibility index (Phi) is 7.13. The monoisotopic (exact) mass is 611 g/mol. The zero-order valence-electron chi connectivity index (χ0n) is 22.9. The van der Waals surface area contributed by atoms with Crippen molar-refractivity contribution in [3.8, 4) is 28.3 Å². The highest BCUT2D eigenvalue weighted by Gasteiger charge is 2.43. The zero-order chi connectivity index (χ0) is 29.7. The van der Waals surface area contributed by atoms with Gasteiger partial charge in [-0.1, -0.05) is 29.4 Å². The summed E-state index contributed by atoms with van der Waals surface area (Å²) in [6.45, 7) is 0.197. The number of aromatic carboxylic acids is 1. The van der Waals surface area contributed by atoms with E-state index in [9.17, 15) is 23.1 Å². The Bertz CT molecular complexity index is 1620. The van der Waals surface area contributed by atoms with E-state index in [0.717, 1.165) is 54.9 Å². The molecule has 1 saturated carbocycles. The molecule has 0 amide bonds. The summed E-state index contributed by atoms with van der Waals surface area (Å²) in [5.41, 5.74) is 3.16. The Balaban J connectivity index is 1.06. The van der Waals surface area contributed by atoms with Crippen LogP contribution in [0.1, 0.15) is 66.1 Å². The average Bonchev–Trinajstić information content (AvgIpc) is 3.44. The molecule has 2 bridgehead atoms. The molecule has 2 aliphatic heterocycles. The second kappa shape index (κ2) is 11.0. The van der Waals surface area contributed by atoms with Crippen molar-refractivity contribution in [3.63, 3.8) is 0 Å². The van der Waals surface area contributed by atoms with Gasteiger partial charge in [0.25, 0.3) is 0 Å². The summed E-state index contributed by atoms with van der Waals surface area (Å²) < 4.78 is 55.8. The second-order valence-corrected chi connectivity index (χ2v) is 12.1. The minimum absolute atomic E-state index is 0.0202. The summed E-state index contributed by atoms with van der Waals surface area (Å²) in [5, 5.41) is 16.3. The second-order valence-electron chi connectivity index (χ2n) is 11.3. The minimum atomic E-state index is -4.83. The molecule has 224 valence electrons. The third kappa shape index (κ3) is 5.73. The van der Waals surface area contributed by atoms with Gasteiger partial charge >= 0.3 is 12.3 Å². The van der Waals surface area contributed by atoms with Gasteiger partial charge < -0.3 is 24.0 Å². The fourth-order valence-corrected chi connectivity index (χ4v) is 7.27. The van der Waals surface area contributed by atoms with E-state index in [0.29, 0.717) is 17.0 Å². The number of hydrogen-bond acceptors (Lipinski definition) is 8. The van der Waals surface area contributed by atoms with Gasteiger partial charge in [0.1, 0.15) is 17.2 Å². The number of halogens is 3. The Morgan fingerprint density at radius 1 is 1.05 bits per heavy atom. The van der Waals surface area contributed by atoms with Crippen molar-refractivity contribution in [2.45, 2.75) is 75.6 Å². The van der Waals surface area contributed by atoms with E-state index >= 15 is 0 Å². The van der Waals surface area contributed by atoms with E-state index in [1.807, 2.05) is 5.38 Å². The normalized spacial score (nSPS) is 21.7. The highest BCUT2D eigenvalue weighted by molar-refractivity contribution is 7.14. The number of anilines is 1. The molecule has 12 heteroatoms. The van der Waals surface area contributed by atoms with Crippen LogP contribution in [0.15, 0.2) is 58.4 Å². The number of alkyl halides is 3. The van der Waals surface area contributed by atoms with Crippen LogP contribution in [-0.2, 0) is 11.3 Å². The quantitative estimate of drug-likeness (QED) is 0.206. The van der Waals surface area contributed by atoms with Crippen molar-refractivity contribution in [2.75, 3.05) is 4.90 Å². The number of hydrogen-bond donors (Lipinski definition) is 1. The number of para-hydroxylation sites is 1. The molecule has 2 aromatic carbocycles. The molecule has 0 radical (unpaired) electrons. The summed E-state index contributed by atoms with van der Waals surface area (Å²) in [6.07, 6.45) is 0.730. The Morgan fingerprint density at radius 2 is 1.77 bits per heavy atom. The molecule has 1 N–H and O–H groups in total. The number of aromatic nitrogens is 2. The largest absolute Gasteiger partial charge is 0.573 e. The molecule has 2 saturated heterocycles. The van der Waals surface area contributed by atoms with Gasteiger partial charge in [-0.15, -0.1) is 24.5 Å². The lowest BCUT2D eigenvalue weighted by Gasteiger charge is -2.38. The van der Waals surface area contributed by atoms with E-state index < -0.39 is 12.3 Å². The van der Waals surface area contributed by atoms with Gasteiger partial charge in [-0.2, -0.15) is 0 Å². The number of carbonyl (C=O) groups is 1. The van der Waals surface area contributed by atoms with Gasteiger partial charge in [0.05, 0.1) is 24.0 Å². The molecule has 4 aromatic rings. The molecule has 3 atom stereocenters. The summed E-state index contributed by atoms with van der Waals surface area (Å²) in [6, 6.07) is 13.2. The Labute approximate surface area is 249 Å². The van der Waals surface area contributed by atoms with Crippen LogP contribution in [0.2, 0.25) is 0 Å².